The quantitative estimate of drug-likeness (QED) is 0.386. The smallest absolute Gasteiger partial charge is 0.303 e. The van der Waals surface area contributed by atoms with Crippen LogP contribution < -0.4 is 0 Å². The number of carboxylic acid groups (broad SMARTS) is 1. The molecule has 2 aliphatic rings. The molecule has 0 radical (unpaired) electrons. The standard InChI is InChI=1S/C24H42O5/c1-5-16-12-17(16)14-24(4,29)11-9-19-18(20(25)13-21(19)26)8-6-7-10-23(2,3)15-22(27)28/h16-19,21,26,29H,5-15H2,1-4H3,(H,27,28)/t16?,17?,18-,19-,21-,24?/m1/s1. The zero-order valence-corrected chi connectivity index (χ0v) is 18.8. The lowest BCUT2D eigenvalue weighted by molar-refractivity contribution is -0.139. The molecule has 0 spiro atoms. The van der Waals surface area contributed by atoms with Crippen LogP contribution in [-0.4, -0.2) is 38.8 Å². The molecular weight excluding hydrogens is 368 g/mol. The first kappa shape index (κ1) is 24.3. The first-order chi connectivity index (χ1) is 13.4. The van der Waals surface area contributed by atoms with E-state index in [1.165, 1.54) is 12.8 Å². The van der Waals surface area contributed by atoms with E-state index in [0.29, 0.717) is 18.8 Å². The van der Waals surface area contributed by atoms with Crippen molar-refractivity contribution in [2.45, 2.75) is 110 Å². The van der Waals surface area contributed by atoms with Crippen LogP contribution in [0.4, 0.5) is 0 Å². The maximum Gasteiger partial charge on any atom is 0.303 e. The van der Waals surface area contributed by atoms with Crippen LogP contribution in [-0.2, 0) is 9.59 Å². The summed E-state index contributed by atoms with van der Waals surface area (Å²) in [7, 11) is 0. The van der Waals surface area contributed by atoms with E-state index in [1.807, 2.05) is 20.8 Å². The summed E-state index contributed by atoms with van der Waals surface area (Å²) < 4.78 is 0. The maximum absolute atomic E-state index is 12.4. The molecule has 168 valence electrons. The van der Waals surface area contributed by atoms with Gasteiger partial charge in [-0.25, -0.2) is 0 Å². The van der Waals surface area contributed by atoms with E-state index < -0.39 is 17.7 Å². The summed E-state index contributed by atoms with van der Waals surface area (Å²) in [5.41, 5.74) is -0.951. The number of hydrogen-bond donors (Lipinski definition) is 3. The molecule has 3 N–H and O–H groups in total. The van der Waals surface area contributed by atoms with Gasteiger partial charge in [-0.15, -0.1) is 0 Å². The monoisotopic (exact) mass is 410 g/mol. The summed E-state index contributed by atoms with van der Waals surface area (Å²) in [6, 6.07) is 0. The molecule has 2 fully saturated rings. The number of aliphatic hydroxyl groups excluding tert-OH is 1. The summed E-state index contributed by atoms with van der Waals surface area (Å²) in [6.45, 7) is 8.05. The van der Waals surface area contributed by atoms with Crippen molar-refractivity contribution < 1.29 is 24.9 Å². The van der Waals surface area contributed by atoms with Crippen LogP contribution in [0.25, 0.3) is 0 Å². The topological polar surface area (TPSA) is 94.8 Å². The summed E-state index contributed by atoms with van der Waals surface area (Å²) in [5, 5.41) is 30.2. The first-order valence-corrected chi connectivity index (χ1v) is 11.6. The van der Waals surface area contributed by atoms with Gasteiger partial charge in [0.1, 0.15) is 5.78 Å². The summed E-state index contributed by atoms with van der Waals surface area (Å²) in [6.07, 6.45) is 7.71. The van der Waals surface area contributed by atoms with E-state index in [2.05, 4.69) is 6.92 Å². The Bertz CT molecular complexity index is 568. The SMILES string of the molecule is CCC1CC1CC(C)(O)CC[C@H]1[C@H](O)CC(=O)[C@@H]1CCCCC(C)(C)CC(=O)O. The molecule has 5 nitrogen and oxygen atoms in total. The molecule has 0 aromatic rings. The molecule has 2 aliphatic carbocycles. The van der Waals surface area contributed by atoms with Crippen molar-refractivity contribution in [1.29, 1.82) is 0 Å². The van der Waals surface area contributed by atoms with Crippen molar-refractivity contribution in [2.75, 3.05) is 0 Å². The number of aliphatic carboxylic acids is 1. The largest absolute Gasteiger partial charge is 0.481 e. The fraction of sp³-hybridized carbons (Fsp3) is 0.917. The second-order valence-electron chi connectivity index (χ2n) is 10.9. The van der Waals surface area contributed by atoms with Crippen molar-refractivity contribution in [3.8, 4) is 0 Å². The Morgan fingerprint density at radius 2 is 1.79 bits per heavy atom. The number of carbonyl (C=O) groups excluding carboxylic acids is 1. The average molecular weight is 411 g/mol. The van der Waals surface area contributed by atoms with Gasteiger partial charge in [0.15, 0.2) is 0 Å². The molecule has 0 aromatic carbocycles. The highest BCUT2D eigenvalue weighted by atomic mass is 16.4. The third-order valence-electron chi connectivity index (χ3n) is 7.39. The Labute approximate surface area is 176 Å². The number of Topliss-reactive ketones (excluding diaryl/α,β-unsaturated/α-hetero) is 1. The molecule has 0 heterocycles. The van der Waals surface area contributed by atoms with Crippen LogP contribution in [0.2, 0.25) is 0 Å². The lowest BCUT2D eigenvalue weighted by Crippen LogP contribution is -2.29. The second-order valence-corrected chi connectivity index (χ2v) is 10.9. The van der Waals surface area contributed by atoms with Crippen molar-refractivity contribution in [1.82, 2.24) is 0 Å². The Hall–Kier alpha value is -0.940. The summed E-state index contributed by atoms with van der Waals surface area (Å²) in [5.74, 6) is 0.607. The fourth-order valence-electron chi connectivity index (χ4n) is 5.45. The molecule has 5 heteroatoms. The molecule has 0 aromatic heterocycles. The highest BCUT2D eigenvalue weighted by molar-refractivity contribution is 5.84. The molecule has 0 bridgehead atoms. The minimum atomic E-state index is -0.771. The van der Waals surface area contributed by atoms with Gasteiger partial charge in [0.25, 0.3) is 0 Å². The molecule has 0 amide bonds. The summed E-state index contributed by atoms with van der Waals surface area (Å²) >= 11 is 0. The average Bonchev–Trinajstić information content (AvgIpc) is 3.25. The molecule has 6 atom stereocenters. The van der Waals surface area contributed by atoms with Gasteiger partial charge in [-0.05, 0) is 68.6 Å². The van der Waals surface area contributed by atoms with Crippen LogP contribution in [0.15, 0.2) is 0 Å². The number of rotatable bonds is 13. The van der Waals surface area contributed by atoms with E-state index in [0.717, 1.165) is 38.0 Å². The third kappa shape index (κ3) is 7.67. The molecule has 0 aliphatic heterocycles. The lowest BCUT2D eigenvalue weighted by Gasteiger charge is -2.28. The molecule has 2 rings (SSSR count). The van der Waals surface area contributed by atoms with E-state index >= 15 is 0 Å². The Balaban J connectivity index is 1.79. The third-order valence-corrected chi connectivity index (χ3v) is 7.39. The number of unbranched alkanes of at least 4 members (excludes halogenated alkanes) is 1. The number of carboxylic acids is 1. The molecular formula is C24H42O5. The van der Waals surface area contributed by atoms with Gasteiger partial charge < -0.3 is 15.3 Å². The van der Waals surface area contributed by atoms with Crippen LogP contribution in [0.5, 0.6) is 0 Å². The molecule has 29 heavy (non-hydrogen) atoms. The van der Waals surface area contributed by atoms with E-state index in [-0.39, 0.29) is 35.9 Å². The normalized spacial score (nSPS) is 31.7. The van der Waals surface area contributed by atoms with Crippen LogP contribution >= 0.6 is 0 Å². The first-order valence-electron chi connectivity index (χ1n) is 11.6. The number of ketones is 1. The van der Waals surface area contributed by atoms with Gasteiger partial charge in [-0.2, -0.15) is 0 Å². The minimum absolute atomic E-state index is 0.0535. The highest BCUT2D eigenvalue weighted by Crippen LogP contribution is 2.47. The minimum Gasteiger partial charge on any atom is -0.481 e. The maximum atomic E-state index is 12.4. The van der Waals surface area contributed by atoms with Gasteiger partial charge in [0, 0.05) is 12.3 Å². The lowest BCUT2D eigenvalue weighted by atomic mass is 9.80. The van der Waals surface area contributed by atoms with Crippen LogP contribution in [0.1, 0.15) is 98.3 Å². The van der Waals surface area contributed by atoms with Crippen molar-refractivity contribution in [3.63, 3.8) is 0 Å². The van der Waals surface area contributed by atoms with Gasteiger partial charge in [-0.1, -0.05) is 40.0 Å². The van der Waals surface area contributed by atoms with Gasteiger partial charge in [0.05, 0.1) is 18.1 Å². The fourth-order valence-corrected chi connectivity index (χ4v) is 5.45. The van der Waals surface area contributed by atoms with Crippen LogP contribution in [0, 0.1) is 29.1 Å². The van der Waals surface area contributed by atoms with Gasteiger partial charge >= 0.3 is 5.97 Å². The Morgan fingerprint density at radius 1 is 1.10 bits per heavy atom. The van der Waals surface area contributed by atoms with E-state index in [9.17, 15) is 19.8 Å². The number of carbonyl (C=O) groups is 2. The predicted octanol–water partition coefficient (Wildman–Crippen LogP) is 4.58. The van der Waals surface area contributed by atoms with Crippen molar-refractivity contribution in [2.24, 2.45) is 29.1 Å². The molecule has 3 unspecified atom stereocenters. The Kier molecular flexibility index (Phi) is 8.32. The Morgan fingerprint density at radius 3 is 2.38 bits per heavy atom. The van der Waals surface area contributed by atoms with Crippen LogP contribution in [0.3, 0.4) is 0 Å². The van der Waals surface area contributed by atoms with E-state index in [1.54, 1.807) is 0 Å². The van der Waals surface area contributed by atoms with E-state index in [4.69, 9.17) is 5.11 Å². The van der Waals surface area contributed by atoms with Crippen molar-refractivity contribution >= 4 is 11.8 Å². The highest BCUT2D eigenvalue weighted by Gasteiger charge is 2.43. The summed E-state index contributed by atoms with van der Waals surface area (Å²) in [4.78, 5) is 23.4. The second kappa shape index (κ2) is 9.91. The predicted molar refractivity (Wildman–Crippen MR) is 113 cm³/mol. The zero-order chi connectivity index (χ0) is 21.8. The zero-order valence-electron chi connectivity index (χ0n) is 18.8. The van der Waals surface area contributed by atoms with Crippen molar-refractivity contribution in [3.05, 3.63) is 0 Å². The number of hydrogen-bond acceptors (Lipinski definition) is 4. The van der Waals surface area contributed by atoms with Gasteiger partial charge in [-0.3, -0.25) is 9.59 Å². The van der Waals surface area contributed by atoms with Gasteiger partial charge in [0.2, 0.25) is 0 Å². The molecule has 0 saturated heterocycles. The molecule has 2 saturated carbocycles. The number of aliphatic hydroxyl groups is 2.